The van der Waals surface area contributed by atoms with Gasteiger partial charge in [0.1, 0.15) is 5.75 Å². The number of carbonyl (C=O) groups excluding carboxylic acids is 1. The number of aromatic amines is 1. The molecular weight excluding hydrogens is 338 g/mol. The standard InChI is InChI=1S/C18H23N3O3S/c1-5-15(17(23)19-12-6-8-13(24-4)9-7-12)25-18-20-14(11(2)3)10-16(22)21-18/h6-11,15H,5H2,1-4H3,(H,19,23)(H,20,21,22). The van der Waals surface area contributed by atoms with Crippen LogP contribution in [0.25, 0.3) is 0 Å². The van der Waals surface area contributed by atoms with E-state index in [0.29, 0.717) is 17.3 Å². The Balaban J connectivity index is 2.10. The Kier molecular flexibility index (Phi) is 6.64. The maximum Gasteiger partial charge on any atom is 0.251 e. The van der Waals surface area contributed by atoms with Crippen molar-refractivity contribution in [2.45, 2.75) is 43.5 Å². The molecule has 0 fully saturated rings. The number of nitrogens with zero attached hydrogens (tertiary/aromatic N) is 1. The first-order valence-electron chi connectivity index (χ1n) is 8.15. The Hall–Kier alpha value is -2.28. The van der Waals surface area contributed by atoms with Crippen molar-refractivity contribution >= 4 is 23.4 Å². The fourth-order valence-electron chi connectivity index (χ4n) is 2.16. The summed E-state index contributed by atoms with van der Waals surface area (Å²) in [7, 11) is 1.59. The van der Waals surface area contributed by atoms with Crippen molar-refractivity contribution in [1.29, 1.82) is 0 Å². The summed E-state index contributed by atoms with van der Waals surface area (Å²) in [6.07, 6.45) is 0.613. The van der Waals surface area contributed by atoms with E-state index in [-0.39, 0.29) is 22.6 Å². The number of anilines is 1. The van der Waals surface area contributed by atoms with Gasteiger partial charge in [-0.2, -0.15) is 0 Å². The molecule has 25 heavy (non-hydrogen) atoms. The largest absolute Gasteiger partial charge is 0.497 e. The van der Waals surface area contributed by atoms with E-state index in [2.05, 4.69) is 15.3 Å². The summed E-state index contributed by atoms with van der Waals surface area (Å²) in [4.78, 5) is 31.5. The minimum atomic E-state index is -0.354. The van der Waals surface area contributed by atoms with Gasteiger partial charge in [-0.25, -0.2) is 4.98 Å². The van der Waals surface area contributed by atoms with Gasteiger partial charge in [0.05, 0.1) is 18.1 Å². The van der Waals surface area contributed by atoms with Gasteiger partial charge in [0, 0.05) is 11.8 Å². The molecule has 0 bridgehead atoms. The van der Waals surface area contributed by atoms with Gasteiger partial charge in [0.15, 0.2) is 5.16 Å². The van der Waals surface area contributed by atoms with Gasteiger partial charge in [-0.1, -0.05) is 32.5 Å². The van der Waals surface area contributed by atoms with E-state index in [9.17, 15) is 9.59 Å². The third kappa shape index (κ3) is 5.35. The summed E-state index contributed by atoms with van der Waals surface area (Å²) in [6.45, 7) is 5.88. The van der Waals surface area contributed by atoms with Gasteiger partial charge in [0.25, 0.3) is 5.56 Å². The highest BCUT2D eigenvalue weighted by Gasteiger charge is 2.20. The Morgan fingerprint density at radius 2 is 2.00 bits per heavy atom. The van der Waals surface area contributed by atoms with Crippen LogP contribution in [0.15, 0.2) is 40.3 Å². The molecule has 1 heterocycles. The first-order chi connectivity index (χ1) is 11.9. The van der Waals surface area contributed by atoms with Crippen LogP contribution in [-0.4, -0.2) is 28.2 Å². The lowest BCUT2D eigenvalue weighted by Crippen LogP contribution is -2.25. The minimum absolute atomic E-state index is 0.129. The van der Waals surface area contributed by atoms with Crippen molar-refractivity contribution in [3.8, 4) is 5.75 Å². The average Bonchev–Trinajstić information content (AvgIpc) is 2.59. The normalized spacial score (nSPS) is 12.0. The lowest BCUT2D eigenvalue weighted by Gasteiger charge is -2.15. The van der Waals surface area contributed by atoms with Gasteiger partial charge >= 0.3 is 0 Å². The van der Waals surface area contributed by atoms with Crippen LogP contribution in [0, 0.1) is 0 Å². The maximum atomic E-state index is 12.5. The van der Waals surface area contributed by atoms with Gasteiger partial charge < -0.3 is 15.0 Å². The second-order valence-electron chi connectivity index (χ2n) is 5.86. The number of rotatable bonds is 7. The highest BCUT2D eigenvalue weighted by molar-refractivity contribution is 8.00. The van der Waals surface area contributed by atoms with Crippen molar-refractivity contribution in [2.24, 2.45) is 0 Å². The fourth-order valence-corrected chi connectivity index (χ4v) is 3.08. The molecule has 2 aromatic rings. The summed E-state index contributed by atoms with van der Waals surface area (Å²) in [5.41, 5.74) is 1.21. The van der Waals surface area contributed by atoms with Gasteiger partial charge in [-0.15, -0.1) is 0 Å². The number of amides is 1. The number of thioether (sulfide) groups is 1. The quantitative estimate of drug-likeness (QED) is 0.583. The molecular formula is C18H23N3O3S. The number of methoxy groups -OCH3 is 1. The van der Waals surface area contributed by atoms with Gasteiger partial charge in [-0.05, 0) is 36.6 Å². The van der Waals surface area contributed by atoms with Crippen LogP contribution in [0.4, 0.5) is 5.69 Å². The third-order valence-corrected chi connectivity index (χ3v) is 4.85. The molecule has 1 amide bonds. The summed E-state index contributed by atoms with van der Waals surface area (Å²) >= 11 is 1.27. The maximum absolute atomic E-state index is 12.5. The molecule has 1 aromatic heterocycles. The molecule has 2 rings (SSSR count). The molecule has 7 heteroatoms. The average molecular weight is 361 g/mol. The molecule has 134 valence electrons. The number of H-pyrrole nitrogens is 1. The van der Waals surface area contributed by atoms with E-state index in [1.807, 2.05) is 20.8 Å². The lowest BCUT2D eigenvalue weighted by atomic mass is 10.1. The molecule has 1 unspecified atom stereocenters. The SMILES string of the molecule is CCC(Sc1nc(C(C)C)cc(=O)[nH]1)C(=O)Nc1ccc(OC)cc1. The number of hydrogen-bond acceptors (Lipinski definition) is 5. The van der Waals surface area contributed by atoms with Crippen LogP contribution >= 0.6 is 11.8 Å². The van der Waals surface area contributed by atoms with Crippen LogP contribution in [0.2, 0.25) is 0 Å². The van der Waals surface area contributed by atoms with E-state index < -0.39 is 0 Å². The fraction of sp³-hybridized carbons (Fsp3) is 0.389. The predicted molar refractivity (Wildman–Crippen MR) is 101 cm³/mol. The van der Waals surface area contributed by atoms with Crippen molar-refractivity contribution in [2.75, 3.05) is 12.4 Å². The molecule has 0 radical (unpaired) electrons. The number of hydrogen-bond donors (Lipinski definition) is 2. The summed E-state index contributed by atoms with van der Waals surface area (Å²) in [6, 6.07) is 8.64. The highest BCUT2D eigenvalue weighted by Crippen LogP contribution is 2.24. The monoisotopic (exact) mass is 361 g/mol. The zero-order valence-corrected chi connectivity index (χ0v) is 15.6. The zero-order chi connectivity index (χ0) is 18.4. The zero-order valence-electron chi connectivity index (χ0n) is 14.8. The number of carbonyl (C=O) groups is 1. The number of ether oxygens (including phenoxy) is 1. The minimum Gasteiger partial charge on any atom is -0.497 e. The first kappa shape index (κ1) is 19.1. The van der Waals surface area contributed by atoms with Gasteiger partial charge in [0.2, 0.25) is 5.91 Å². The number of benzene rings is 1. The molecule has 1 atom stereocenters. The summed E-state index contributed by atoms with van der Waals surface area (Å²) < 4.78 is 5.10. The van der Waals surface area contributed by atoms with Crippen LogP contribution in [-0.2, 0) is 4.79 Å². The Morgan fingerprint density at radius 3 is 2.56 bits per heavy atom. The van der Waals surface area contributed by atoms with E-state index in [1.54, 1.807) is 31.4 Å². The molecule has 0 saturated carbocycles. The summed E-state index contributed by atoms with van der Waals surface area (Å²) in [5.74, 6) is 0.747. The second kappa shape index (κ2) is 8.71. The number of nitrogens with one attached hydrogen (secondary N) is 2. The molecule has 2 N–H and O–H groups in total. The molecule has 0 aliphatic carbocycles. The Labute approximate surface area is 151 Å². The predicted octanol–water partition coefficient (Wildman–Crippen LogP) is 3.41. The number of aromatic nitrogens is 2. The molecule has 6 nitrogen and oxygen atoms in total. The highest BCUT2D eigenvalue weighted by atomic mass is 32.2. The summed E-state index contributed by atoms with van der Waals surface area (Å²) in [5, 5.41) is 2.99. The van der Waals surface area contributed by atoms with E-state index in [4.69, 9.17) is 4.74 Å². The van der Waals surface area contributed by atoms with E-state index >= 15 is 0 Å². The third-order valence-electron chi connectivity index (χ3n) is 3.61. The topological polar surface area (TPSA) is 84.1 Å². The molecule has 0 saturated heterocycles. The van der Waals surface area contributed by atoms with E-state index in [0.717, 1.165) is 11.4 Å². The van der Waals surface area contributed by atoms with Crippen LogP contribution in [0.5, 0.6) is 5.75 Å². The van der Waals surface area contributed by atoms with Crippen molar-refractivity contribution in [3.05, 3.63) is 46.4 Å². The first-order valence-corrected chi connectivity index (χ1v) is 9.03. The molecule has 1 aromatic carbocycles. The lowest BCUT2D eigenvalue weighted by molar-refractivity contribution is -0.115. The second-order valence-corrected chi connectivity index (χ2v) is 7.05. The Morgan fingerprint density at radius 1 is 1.32 bits per heavy atom. The Bertz CT molecular complexity index is 772. The van der Waals surface area contributed by atoms with E-state index in [1.165, 1.54) is 17.8 Å². The smallest absolute Gasteiger partial charge is 0.251 e. The molecule has 0 spiro atoms. The van der Waals surface area contributed by atoms with Crippen molar-refractivity contribution < 1.29 is 9.53 Å². The van der Waals surface area contributed by atoms with Crippen LogP contribution in [0.1, 0.15) is 38.8 Å². The van der Waals surface area contributed by atoms with Crippen LogP contribution in [0.3, 0.4) is 0 Å². The molecule has 0 aliphatic heterocycles. The van der Waals surface area contributed by atoms with Crippen molar-refractivity contribution in [1.82, 2.24) is 9.97 Å². The van der Waals surface area contributed by atoms with Crippen molar-refractivity contribution in [3.63, 3.8) is 0 Å². The van der Waals surface area contributed by atoms with Gasteiger partial charge in [-0.3, -0.25) is 9.59 Å². The molecule has 0 aliphatic rings. The van der Waals surface area contributed by atoms with Crippen LogP contribution < -0.4 is 15.6 Å².